The number of likely N-dealkylation sites (N-methyl/N-ethyl adjacent to an activating group) is 1. The number of benzene rings is 2. The zero-order valence-electron chi connectivity index (χ0n) is 14.3. The van der Waals surface area contributed by atoms with Gasteiger partial charge in [0, 0.05) is 7.05 Å². The van der Waals surface area contributed by atoms with Crippen molar-refractivity contribution in [3.63, 3.8) is 0 Å². The Morgan fingerprint density at radius 1 is 1.12 bits per heavy atom. The maximum Gasteiger partial charge on any atom is 0.244 e. The monoisotopic (exact) mass is 360 g/mol. The second kappa shape index (κ2) is 9.08. The van der Waals surface area contributed by atoms with E-state index in [4.69, 9.17) is 16.3 Å². The number of hydrogen-bond acceptors (Lipinski definition) is 3. The Kier molecular flexibility index (Phi) is 6.83. The molecule has 1 N–H and O–H groups in total. The topological polar surface area (TPSA) is 58.6 Å². The zero-order valence-corrected chi connectivity index (χ0v) is 15.0. The van der Waals surface area contributed by atoms with E-state index in [-0.39, 0.29) is 31.4 Å². The van der Waals surface area contributed by atoms with Crippen LogP contribution in [0.3, 0.4) is 0 Å². The smallest absolute Gasteiger partial charge is 0.244 e. The van der Waals surface area contributed by atoms with E-state index >= 15 is 0 Å². The Hall–Kier alpha value is -2.53. The lowest BCUT2D eigenvalue weighted by atomic mass is 10.2. The van der Waals surface area contributed by atoms with Crippen LogP contribution in [-0.2, 0) is 9.59 Å². The van der Waals surface area contributed by atoms with Gasteiger partial charge in [-0.25, -0.2) is 0 Å². The Bertz CT molecular complexity index is 749. The summed E-state index contributed by atoms with van der Waals surface area (Å²) in [5, 5.41) is 3.14. The molecule has 0 heterocycles. The molecule has 2 rings (SSSR count). The van der Waals surface area contributed by atoms with Gasteiger partial charge in [0.25, 0.3) is 0 Å². The molecule has 0 aliphatic carbocycles. The maximum atomic E-state index is 12.1. The Balaban J connectivity index is 1.77. The van der Waals surface area contributed by atoms with Gasteiger partial charge in [-0.3, -0.25) is 9.59 Å². The number of rotatable bonds is 7. The molecule has 0 saturated carbocycles. The number of aryl methyl sites for hydroxylation is 1. The van der Waals surface area contributed by atoms with Crippen LogP contribution in [-0.4, -0.2) is 36.9 Å². The molecule has 0 radical (unpaired) electrons. The lowest BCUT2D eigenvalue weighted by Gasteiger charge is -2.17. The van der Waals surface area contributed by atoms with Crippen molar-refractivity contribution in [1.29, 1.82) is 0 Å². The van der Waals surface area contributed by atoms with Gasteiger partial charge in [-0.15, -0.1) is 0 Å². The van der Waals surface area contributed by atoms with Crippen molar-refractivity contribution in [3.8, 4) is 5.75 Å². The van der Waals surface area contributed by atoms with Crippen molar-refractivity contribution in [1.82, 2.24) is 4.90 Å². The number of carbonyl (C=O) groups excluding carboxylic acids is 2. The van der Waals surface area contributed by atoms with Crippen LogP contribution in [0.1, 0.15) is 12.0 Å². The number of nitrogens with one attached hydrogen (secondary N) is 1. The first-order chi connectivity index (χ1) is 12.0. The van der Waals surface area contributed by atoms with E-state index in [9.17, 15) is 9.59 Å². The standard InChI is InChI=1S/C19H21ClN2O3/c1-14-7-3-6-10-17(14)25-12-11-19(24)22(2)13-18(23)21-16-9-5-4-8-15(16)20/h3-10H,11-13H2,1-2H3,(H,21,23). The Morgan fingerprint density at radius 3 is 2.52 bits per heavy atom. The van der Waals surface area contributed by atoms with E-state index in [1.165, 1.54) is 4.90 Å². The number of anilines is 1. The summed E-state index contributed by atoms with van der Waals surface area (Å²) in [7, 11) is 1.59. The predicted molar refractivity (Wildman–Crippen MR) is 99.0 cm³/mol. The highest BCUT2D eigenvalue weighted by molar-refractivity contribution is 6.33. The third kappa shape index (κ3) is 5.80. The number of nitrogens with zero attached hydrogens (tertiary/aromatic N) is 1. The van der Waals surface area contributed by atoms with Gasteiger partial charge in [0.05, 0.1) is 30.3 Å². The first-order valence-corrected chi connectivity index (χ1v) is 8.32. The molecule has 0 fully saturated rings. The molecule has 0 aliphatic heterocycles. The van der Waals surface area contributed by atoms with E-state index in [0.717, 1.165) is 11.3 Å². The molecule has 0 bridgehead atoms. The quantitative estimate of drug-likeness (QED) is 0.822. The van der Waals surface area contributed by atoms with Gasteiger partial charge in [-0.05, 0) is 30.7 Å². The number of para-hydroxylation sites is 2. The molecule has 132 valence electrons. The van der Waals surface area contributed by atoms with Crippen LogP contribution < -0.4 is 10.1 Å². The number of hydrogen-bond donors (Lipinski definition) is 1. The fourth-order valence-corrected chi connectivity index (χ4v) is 2.40. The summed E-state index contributed by atoms with van der Waals surface area (Å²) in [5.74, 6) is 0.293. The fraction of sp³-hybridized carbons (Fsp3) is 0.263. The van der Waals surface area contributed by atoms with Gasteiger partial charge in [0.15, 0.2) is 0 Å². The zero-order chi connectivity index (χ0) is 18.2. The van der Waals surface area contributed by atoms with Crippen molar-refractivity contribution >= 4 is 29.1 Å². The molecule has 2 aromatic carbocycles. The highest BCUT2D eigenvalue weighted by Crippen LogP contribution is 2.20. The number of halogens is 1. The van der Waals surface area contributed by atoms with Crippen molar-refractivity contribution in [2.24, 2.45) is 0 Å². The third-order valence-electron chi connectivity index (χ3n) is 3.62. The van der Waals surface area contributed by atoms with Crippen LogP contribution in [0.4, 0.5) is 5.69 Å². The highest BCUT2D eigenvalue weighted by Gasteiger charge is 2.14. The minimum absolute atomic E-state index is 0.0472. The molecule has 0 atom stereocenters. The molecule has 5 nitrogen and oxygen atoms in total. The van der Waals surface area contributed by atoms with Gasteiger partial charge >= 0.3 is 0 Å². The van der Waals surface area contributed by atoms with E-state index in [1.807, 2.05) is 31.2 Å². The molecule has 25 heavy (non-hydrogen) atoms. The number of amides is 2. The van der Waals surface area contributed by atoms with Crippen LogP contribution in [0.25, 0.3) is 0 Å². The summed E-state index contributed by atoms with van der Waals surface area (Å²) >= 11 is 6.00. The predicted octanol–water partition coefficient (Wildman–Crippen LogP) is 3.51. The third-order valence-corrected chi connectivity index (χ3v) is 3.95. The summed E-state index contributed by atoms with van der Waals surface area (Å²) in [6.07, 6.45) is 0.199. The first-order valence-electron chi connectivity index (χ1n) is 7.94. The largest absolute Gasteiger partial charge is 0.493 e. The summed E-state index contributed by atoms with van der Waals surface area (Å²) in [6, 6.07) is 14.6. The van der Waals surface area contributed by atoms with Gasteiger partial charge in [-0.2, -0.15) is 0 Å². The van der Waals surface area contributed by atoms with E-state index < -0.39 is 0 Å². The van der Waals surface area contributed by atoms with Crippen LogP contribution in [0.5, 0.6) is 5.75 Å². The average Bonchev–Trinajstić information content (AvgIpc) is 2.58. The van der Waals surface area contributed by atoms with E-state index in [1.54, 1.807) is 31.3 Å². The molecule has 0 aromatic heterocycles. The van der Waals surface area contributed by atoms with Crippen LogP contribution in [0, 0.1) is 6.92 Å². The van der Waals surface area contributed by atoms with E-state index in [2.05, 4.69) is 5.32 Å². The minimum Gasteiger partial charge on any atom is -0.493 e. The lowest BCUT2D eigenvalue weighted by Crippen LogP contribution is -2.35. The molecule has 0 unspecified atom stereocenters. The number of carbonyl (C=O) groups is 2. The Morgan fingerprint density at radius 2 is 1.80 bits per heavy atom. The Labute approximate surface area is 152 Å². The molecule has 6 heteroatoms. The van der Waals surface area contributed by atoms with Crippen LogP contribution in [0.2, 0.25) is 5.02 Å². The lowest BCUT2D eigenvalue weighted by molar-refractivity contribution is -0.133. The second-order valence-corrected chi connectivity index (χ2v) is 6.05. The average molecular weight is 361 g/mol. The normalized spacial score (nSPS) is 10.2. The highest BCUT2D eigenvalue weighted by atomic mass is 35.5. The summed E-state index contributed by atoms with van der Waals surface area (Å²) in [4.78, 5) is 25.5. The van der Waals surface area contributed by atoms with Crippen molar-refractivity contribution in [2.75, 3.05) is 25.5 Å². The van der Waals surface area contributed by atoms with Gasteiger partial charge in [0.2, 0.25) is 11.8 Å². The van der Waals surface area contributed by atoms with Crippen molar-refractivity contribution in [2.45, 2.75) is 13.3 Å². The molecule has 0 aliphatic rings. The first kappa shape index (κ1) is 18.8. The molecule has 0 saturated heterocycles. The second-order valence-electron chi connectivity index (χ2n) is 5.64. The summed E-state index contributed by atoms with van der Waals surface area (Å²) in [6.45, 7) is 2.16. The van der Waals surface area contributed by atoms with Gasteiger partial charge in [-0.1, -0.05) is 41.9 Å². The molecule has 0 spiro atoms. The molecular formula is C19H21ClN2O3. The van der Waals surface area contributed by atoms with Gasteiger partial charge in [0.1, 0.15) is 5.75 Å². The van der Waals surface area contributed by atoms with E-state index in [0.29, 0.717) is 10.7 Å². The SMILES string of the molecule is Cc1ccccc1OCCC(=O)N(C)CC(=O)Nc1ccccc1Cl. The fourth-order valence-electron chi connectivity index (χ4n) is 2.21. The number of ether oxygens (including phenoxy) is 1. The summed E-state index contributed by atoms with van der Waals surface area (Å²) < 4.78 is 5.61. The molecule has 2 amide bonds. The minimum atomic E-state index is -0.302. The van der Waals surface area contributed by atoms with Crippen molar-refractivity contribution < 1.29 is 14.3 Å². The maximum absolute atomic E-state index is 12.1. The van der Waals surface area contributed by atoms with Crippen molar-refractivity contribution in [3.05, 3.63) is 59.1 Å². The summed E-state index contributed by atoms with van der Waals surface area (Å²) in [5.41, 5.74) is 1.54. The van der Waals surface area contributed by atoms with Crippen LogP contribution >= 0.6 is 11.6 Å². The molecule has 2 aromatic rings. The van der Waals surface area contributed by atoms with Gasteiger partial charge < -0.3 is 15.0 Å². The van der Waals surface area contributed by atoms with Crippen LogP contribution in [0.15, 0.2) is 48.5 Å². The molecular weight excluding hydrogens is 340 g/mol.